The van der Waals surface area contributed by atoms with E-state index in [1.807, 2.05) is 0 Å². The van der Waals surface area contributed by atoms with Crippen LogP contribution in [-0.4, -0.2) is 24.6 Å². The van der Waals surface area contributed by atoms with Gasteiger partial charge < -0.3 is 4.98 Å². The van der Waals surface area contributed by atoms with Crippen LogP contribution >= 0.6 is 11.6 Å². The van der Waals surface area contributed by atoms with Gasteiger partial charge in [-0.1, -0.05) is 11.6 Å². The van der Waals surface area contributed by atoms with Gasteiger partial charge in [0, 0.05) is 11.3 Å². The van der Waals surface area contributed by atoms with Gasteiger partial charge in [-0.05, 0) is 36.4 Å². The fourth-order valence-corrected chi connectivity index (χ4v) is 2.83. The van der Waals surface area contributed by atoms with Crippen molar-refractivity contribution in [3.05, 3.63) is 47.2 Å². The van der Waals surface area contributed by atoms with Crippen LogP contribution in [-0.2, 0) is 9.84 Å². The van der Waals surface area contributed by atoms with E-state index < -0.39 is 15.7 Å². The Hall–Kier alpha value is -1.92. The van der Waals surface area contributed by atoms with E-state index >= 15 is 0 Å². The fraction of sp³-hybridized carbons (Fsp3) is 0.0714. The molecule has 0 atom stereocenters. The molecule has 7 heteroatoms. The molecule has 0 aliphatic rings. The van der Waals surface area contributed by atoms with Crippen LogP contribution in [0.3, 0.4) is 0 Å². The lowest BCUT2D eigenvalue weighted by Crippen LogP contribution is -1.96. The van der Waals surface area contributed by atoms with Crippen molar-refractivity contribution in [2.45, 2.75) is 4.90 Å². The standard InChI is InChI=1S/C14H10ClFN2O2S/c1-21(19,20)9-3-5-12-13(7-9)18-14(17-12)10-4-2-8(15)6-11(10)16/h2-7H,1H3,(H,17,18). The third kappa shape index (κ3) is 2.64. The number of fused-ring (bicyclic) bond motifs is 1. The normalized spacial score (nSPS) is 12.0. The third-order valence-corrected chi connectivity index (χ3v) is 4.41. The van der Waals surface area contributed by atoms with Gasteiger partial charge in [0.2, 0.25) is 0 Å². The van der Waals surface area contributed by atoms with Gasteiger partial charge in [-0.25, -0.2) is 17.8 Å². The second-order valence-electron chi connectivity index (χ2n) is 4.66. The van der Waals surface area contributed by atoms with Crippen molar-refractivity contribution in [1.82, 2.24) is 9.97 Å². The van der Waals surface area contributed by atoms with Gasteiger partial charge in [-0.15, -0.1) is 0 Å². The molecule has 1 heterocycles. The van der Waals surface area contributed by atoms with Gasteiger partial charge in [0.25, 0.3) is 0 Å². The molecule has 0 unspecified atom stereocenters. The number of nitrogens with one attached hydrogen (secondary N) is 1. The predicted molar refractivity (Wildman–Crippen MR) is 79.6 cm³/mol. The Bertz CT molecular complexity index is 951. The number of imidazole rings is 1. The molecular weight excluding hydrogens is 315 g/mol. The summed E-state index contributed by atoms with van der Waals surface area (Å²) in [6.45, 7) is 0. The molecule has 0 bridgehead atoms. The van der Waals surface area contributed by atoms with Crippen LogP contribution in [0.5, 0.6) is 0 Å². The second kappa shape index (κ2) is 4.82. The summed E-state index contributed by atoms with van der Waals surface area (Å²) in [6.07, 6.45) is 1.13. The van der Waals surface area contributed by atoms with Crippen molar-refractivity contribution in [1.29, 1.82) is 0 Å². The fourth-order valence-electron chi connectivity index (χ4n) is 2.03. The van der Waals surface area contributed by atoms with Gasteiger partial charge >= 0.3 is 0 Å². The van der Waals surface area contributed by atoms with Crippen molar-refractivity contribution in [2.24, 2.45) is 0 Å². The summed E-state index contributed by atoms with van der Waals surface area (Å²) in [5.74, 6) is -0.172. The number of nitrogens with zero attached hydrogens (tertiary/aromatic N) is 1. The average molecular weight is 325 g/mol. The maximum Gasteiger partial charge on any atom is 0.175 e. The summed E-state index contributed by atoms with van der Waals surface area (Å²) >= 11 is 5.72. The highest BCUT2D eigenvalue weighted by Crippen LogP contribution is 2.26. The first kappa shape index (κ1) is 14.0. The zero-order chi connectivity index (χ0) is 15.2. The van der Waals surface area contributed by atoms with Gasteiger partial charge in [0.15, 0.2) is 9.84 Å². The molecule has 21 heavy (non-hydrogen) atoms. The molecule has 0 aliphatic heterocycles. The summed E-state index contributed by atoms with van der Waals surface area (Å²) in [5.41, 5.74) is 1.37. The summed E-state index contributed by atoms with van der Waals surface area (Å²) in [5, 5.41) is 0.298. The Labute approximate surface area is 125 Å². The summed E-state index contributed by atoms with van der Waals surface area (Å²) in [6, 6.07) is 8.82. The molecule has 108 valence electrons. The SMILES string of the molecule is CS(=O)(=O)c1ccc2nc(-c3ccc(Cl)cc3F)[nH]c2c1. The van der Waals surface area contributed by atoms with Crippen molar-refractivity contribution in [3.63, 3.8) is 0 Å². The molecule has 3 rings (SSSR count). The number of benzene rings is 2. The lowest BCUT2D eigenvalue weighted by atomic mass is 10.2. The monoisotopic (exact) mass is 324 g/mol. The van der Waals surface area contributed by atoms with E-state index in [2.05, 4.69) is 9.97 Å². The van der Waals surface area contributed by atoms with E-state index in [1.165, 1.54) is 24.3 Å². The third-order valence-electron chi connectivity index (χ3n) is 3.07. The van der Waals surface area contributed by atoms with Crippen LogP contribution in [0.4, 0.5) is 4.39 Å². The van der Waals surface area contributed by atoms with E-state index in [1.54, 1.807) is 12.1 Å². The summed E-state index contributed by atoms with van der Waals surface area (Å²) in [4.78, 5) is 7.37. The second-order valence-corrected chi connectivity index (χ2v) is 7.11. The Morgan fingerprint density at radius 3 is 2.62 bits per heavy atom. The highest BCUT2D eigenvalue weighted by atomic mass is 35.5. The van der Waals surface area contributed by atoms with E-state index in [4.69, 9.17) is 11.6 Å². The van der Waals surface area contributed by atoms with Crippen LogP contribution in [0, 0.1) is 5.82 Å². The van der Waals surface area contributed by atoms with Crippen LogP contribution < -0.4 is 0 Å². The van der Waals surface area contributed by atoms with Crippen molar-refractivity contribution >= 4 is 32.5 Å². The molecule has 0 amide bonds. The Morgan fingerprint density at radius 1 is 1.19 bits per heavy atom. The Morgan fingerprint density at radius 2 is 1.95 bits per heavy atom. The van der Waals surface area contributed by atoms with Crippen molar-refractivity contribution in [2.75, 3.05) is 6.26 Å². The molecule has 0 fully saturated rings. The number of hydrogen-bond acceptors (Lipinski definition) is 3. The van der Waals surface area contributed by atoms with Crippen molar-refractivity contribution < 1.29 is 12.8 Å². The smallest absolute Gasteiger partial charge is 0.175 e. The van der Waals surface area contributed by atoms with Gasteiger partial charge in [-0.2, -0.15) is 0 Å². The summed E-state index contributed by atoms with van der Waals surface area (Å²) < 4.78 is 37.0. The molecular formula is C14H10ClFN2O2S. The number of hydrogen-bond donors (Lipinski definition) is 1. The Kier molecular flexibility index (Phi) is 3.22. The first-order valence-electron chi connectivity index (χ1n) is 6.00. The molecule has 4 nitrogen and oxygen atoms in total. The minimum Gasteiger partial charge on any atom is -0.338 e. The lowest BCUT2D eigenvalue weighted by Gasteiger charge is -1.99. The van der Waals surface area contributed by atoms with Crippen LogP contribution in [0.1, 0.15) is 0 Å². The largest absolute Gasteiger partial charge is 0.338 e. The van der Waals surface area contributed by atoms with Crippen LogP contribution in [0.2, 0.25) is 5.02 Å². The first-order valence-corrected chi connectivity index (χ1v) is 8.27. The molecule has 0 radical (unpaired) electrons. The molecule has 0 saturated heterocycles. The van der Waals surface area contributed by atoms with Gasteiger partial charge in [0.1, 0.15) is 11.6 Å². The van der Waals surface area contributed by atoms with E-state index in [-0.39, 0.29) is 10.5 Å². The molecule has 0 aliphatic carbocycles. The zero-order valence-electron chi connectivity index (χ0n) is 10.9. The average Bonchev–Trinajstić information content (AvgIpc) is 2.79. The van der Waals surface area contributed by atoms with Crippen molar-refractivity contribution in [3.8, 4) is 11.4 Å². The molecule has 0 spiro atoms. The number of H-pyrrole nitrogens is 1. The predicted octanol–water partition coefficient (Wildman–Crippen LogP) is 3.43. The number of rotatable bonds is 2. The number of halogens is 2. The molecule has 1 N–H and O–H groups in total. The number of sulfone groups is 1. The topological polar surface area (TPSA) is 62.8 Å². The quantitative estimate of drug-likeness (QED) is 0.785. The lowest BCUT2D eigenvalue weighted by molar-refractivity contribution is 0.602. The highest BCUT2D eigenvalue weighted by molar-refractivity contribution is 7.90. The molecule has 3 aromatic rings. The van der Waals surface area contributed by atoms with E-state index in [0.717, 1.165) is 6.26 Å². The molecule has 1 aromatic heterocycles. The summed E-state index contributed by atoms with van der Waals surface area (Å²) in [7, 11) is -3.30. The first-order chi connectivity index (χ1) is 9.84. The number of aromatic nitrogens is 2. The maximum atomic E-state index is 13.9. The van der Waals surface area contributed by atoms with Crippen LogP contribution in [0.15, 0.2) is 41.3 Å². The molecule has 0 saturated carbocycles. The minimum atomic E-state index is -3.30. The maximum absolute atomic E-state index is 13.9. The molecule has 2 aromatic carbocycles. The zero-order valence-corrected chi connectivity index (χ0v) is 12.5. The van der Waals surface area contributed by atoms with E-state index in [0.29, 0.717) is 21.9 Å². The Balaban J connectivity index is 2.17. The van der Waals surface area contributed by atoms with Gasteiger partial charge in [-0.3, -0.25) is 0 Å². The highest BCUT2D eigenvalue weighted by Gasteiger charge is 2.13. The number of aromatic amines is 1. The van der Waals surface area contributed by atoms with Gasteiger partial charge in [0.05, 0.1) is 21.5 Å². The van der Waals surface area contributed by atoms with E-state index in [9.17, 15) is 12.8 Å². The van der Waals surface area contributed by atoms with Crippen LogP contribution in [0.25, 0.3) is 22.4 Å². The minimum absolute atomic E-state index is 0.182.